The molecular weight excluding hydrogens is 385 g/mol. The summed E-state index contributed by atoms with van der Waals surface area (Å²) in [5, 5.41) is 7.43. The van der Waals surface area contributed by atoms with Gasteiger partial charge in [-0.15, -0.1) is 0 Å². The number of fused-ring (bicyclic) bond motifs is 1. The van der Waals surface area contributed by atoms with Crippen molar-refractivity contribution in [1.82, 2.24) is 9.78 Å². The zero-order valence-corrected chi connectivity index (χ0v) is 14.9. The first-order valence-electron chi connectivity index (χ1n) is 8.06. The lowest BCUT2D eigenvalue weighted by Gasteiger charge is -2.06. The standard InChI is InChI=1S/C19H15BrFN3O/c20-15-5-1-2-6-16(15)22-19(25)18-14-4-3-7-17(14)24(23-18)13-10-8-12(21)9-11-13/h1-2,5-6,8-11H,3-4,7H2,(H,22,25). The molecule has 126 valence electrons. The average molecular weight is 400 g/mol. The maximum absolute atomic E-state index is 13.2. The third kappa shape index (κ3) is 2.98. The van der Waals surface area contributed by atoms with Crippen molar-refractivity contribution < 1.29 is 9.18 Å². The summed E-state index contributed by atoms with van der Waals surface area (Å²) >= 11 is 3.43. The van der Waals surface area contributed by atoms with Crippen molar-refractivity contribution in [2.75, 3.05) is 5.32 Å². The van der Waals surface area contributed by atoms with E-state index in [9.17, 15) is 9.18 Å². The Bertz CT molecular complexity index is 950. The van der Waals surface area contributed by atoms with Crippen LogP contribution in [-0.4, -0.2) is 15.7 Å². The van der Waals surface area contributed by atoms with Crippen LogP contribution in [0.25, 0.3) is 5.69 Å². The summed E-state index contributed by atoms with van der Waals surface area (Å²) in [4.78, 5) is 12.8. The molecule has 1 N–H and O–H groups in total. The fraction of sp³-hybridized carbons (Fsp3) is 0.158. The summed E-state index contributed by atoms with van der Waals surface area (Å²) in [5.41, 5.74) is 3.92. The summed E-state index contributed by atoms with van der Waals surface area (Å²) in [7, 11) is 0. The lowest BCUT2D eigenvalue weighted by Crippen LogP contribution is -2.15. The number of hydrogen-bond donors (Lipinski definition) is 1. The number of hydrogen-bond acceptors (Lipinski definition) is 2. The van der Waals surface area contributed by atoms with Crippen LogP contribution in [0.4, 0.5) is 10.1 Å². The molecule has 1 aliphatic rings. The average Bonchev–Trinajstić information content (AvgIpc) is 3.20. The van der Waals surface area contributed by atoms with E-state index in [4.69, 9.17) is 0 Å². The SMILES string of the molecule is O=C(Nc1ccccc1Br)c1nn(-c2ccc(F)cc2)c2c1CCC2. The van der Waals surface area contributed by atoms with E-state index in [0.717, 1.165) is 40.7 Å². The largest absolute Gasteiger partial charge is 0.320 e. The maximum Gasteiger partial charge on any atom is 0.276 e. The topological polar surface area (TPSA) is 46.9 Å². The van der Waals surface area contributed by atoms with Crippen LogP contribution < -0.4 is 5.32 Å². The molecule has 4 nitrogen and oxygen atoms in total. The molecule has 3 aromatic rings. The normalized spacial score (nSPS) is 12.9. The molecule has 0 spiro atoms. The van der Waals surface area contributed by atoms with Crippen LogP contribution >= 0.6 is 15.9 Å². The highest BCUT2D eigenvalue weighted by Gasteiger charge is 2.27. The molecule has 0 saturated heterocycles. The lowest BCUT2D eigenvalue weighted by molar-refractivity contribution is 0.102. The number of para-hydroxylation sites is 1. The highest BCUT2D eigenvalue weighted by Crippen LogP contribution is 2.29. The molecule has 25 heavy (non-hydrogen) atoms. The summed E-state index contributed by atoms with van der Waals surface area (Å²) < 4.78 is 15.8. The Morgan fingerprint density at radius 2 is 1.88 bits per heavy atom. The smallest absolute Gasteiger partial charge is 0.276 e. The third-order valence-corrected chi connectivity index (χ3v) is 5.03. The number of nitrogens with zero attached hydrogens (tertiary/aromatic N) is 2. The number of amides is 1. The van der Waals surface area contributed by atoms with Gasteiger partial charge < -0.3 is 5.32 Å². The molecule has 0 bridgehead atoms. The summed E-state index contributed by atoms with van der Waals surface area (Å²) in [6.45, 7) is 0. The molecule has 2 aromatic carbocycles. The molecule has 0 unspecified atom stereocenters. The quantitative estimate of drug-likeness (QED) is 0.703. The van der Waals surface area contributed by atoms with Crippen LogP contribution in [0.15, 0.2) is 53.0 Å². The van der Waals surface area contributed by atoms with Crippen LogP contribution in [0.2, 0.25) is 0 Å². The van der Waals surface area contributed by atoms with Gasteiger partial charge in [0.25, 0.3) is 5.91 Å². The summed E-state index contributed by atoms with van der Waals surface area (Å²) in [6, 6.07) is 13.6. The predicted molar refractivity (Wildman–Crippen MR) is 97.6 cm³/mol. The Kier molecular flexibility index (Phi) is 4.13. The minimum atomic E-state index is -0.292. The molecule has 0 fully saturated rings. The molecule has 4 rings (SSSR count). The number of halogens is 2. The van der Waals surface area contributed by atoms with Crippen molar-refractivity contribution in [1.29, 1.82) is 0 Å². The van der Waals surface area contributed by atoms with Crippen molar-refractivity contribution in [3.63, 3.8) is 0 Å². The van der Waals surface area contributed by atoms with Gasteiger partial charge in [0.15, 0.2) is 5.69 Å². The Morgan fingerprint density at radius 3 is 2.64 bits per heavy atom. The van der Waals surface area contributed by atoms with Gasteiger partial charge in [-0.1, -0.05) is 12.1 Å². The summed E-state index contributed by atoms with van der Waals surface area (Å²) in [5.74, 6) is -0.523. The maximum atomic E-state index is 13.2. The highest BCUT2D eigenvalue weighted by atomic mass is 79.9. The second-order valence-corrected chi connectivity index (χ2v) is 6.80. The number of benzene rings is 2. The van der Waals surface area contributed by atoms with Crippen molar-refractivity contribution in [2.24, 2.45) is 0 Å². The Hall–Kier alpha value is -2.47. The Morgan fingerprint density at radius 1 is 1.12 bits per heavy atom. The van der Waals surface area contributed by atoms with Crippen LogP contribution in [0, 0.1) is 5.82 Å². The van der Waals surface area contributed by atoms with Crippen molar-refractivity contribution in [2.45, 2.75) is 19.3 Å². The molecule has 1 heterocycles. The van der Waals surface area contributed by atoms with Gasteiger partial charge in [0.1, 0.15) is 5.82 Å². The van der Waals surface area contributed by atoms with Gasteiger partial charge in [0.05, 0.1) is 11.4 Å². The Labute approximate surface area is 152 Å². The van der Waals surface area contributed by atoms with Crippen molar-refractivity contribution in [3.8, 4) is 5.69 Å². The van der Waals surface area contributed by atoms with Crippen LogP contribution in [0.1, 0.15) is 28.2 Å². The zero-order chi connectivity index (χ0) is 17.4. The number of anilines is 1. The van der Waals surface area contributed by atoms with Gasteiger partial charge in [-0.25, -0.2) is 9.07 Å². The van der Waals surface area contributed by atoms with Gasteiger partial charge in [-0.2, -0.15) is 5.10 Å². The number of aromatic nitrogens is 2. The van der Waals surface area contributed by atoms with E-state index < -0.39 is 0 Å². The number of carbonyl (C=O) groups is 1. The van der Waals surface area contributed by atoms with Crippen LogP contribution in [-0.2, 0) is 12.8 Å². The Balaban J connectivity index is 1.71. The molecule has 1 aromatic heterocycles. The molecule has 6 heteroatoms. The van der Waals surface area contributed by atoms with Gasteiger partial charge in [0.2, 0.25) is 0 Å². The second kappa shape index (κ2) is 6.44. The van der Waals surface area contributed by atoms with E-state index in [-0.39, 0.29) is 11.7 Å². The fourth-order valence-electron chi connectivity index (χ4n) is 3.16. The van der Waals surface area contributed by atoms with Crippen LogP contribution in [0.3, 0.4) is 0 Å². The van der Waals surface area contributed by atoms with Gasteiger partial charge in [0, 0.05) is 15.7 Å². The summed E-state index contributed by atoms with van der Waals surface area (Å²) in [6.07, 6.45) is 2.68. The van der Waals surface area contributed by atoms with E-state index in [1.807, 2.05) is 24.3 Å². The van der Waals surface area contributed by atoms with E-state index in [1.165, 1.54) is 12.1 Å². The molecule has 1 amide bonds. The van der Waals surface area contributed by atoms with Gasteiger partial charge >= 0.3 is 0 Å². The van der Waals surface area contributed by atoms with E-state index in [0.29, 0.717) is 11.4 Å². The first-order valence-corrected chi connectivity index (χ1v) is 8.85. The number of carbonyl (C=O) groups excluding carboxylic acids is 1. The minimum Gasteiger partial charge on any atom is -0.320 e. The minimum absolute atomic E-state index is 0.231. The second-order valence-electron chi connectivity index (χ2n) is 5.95. The van der Waals surface area contributed by atoms with Gasteiger partial charge in [-0.3, -0.25) is 4.79 Å². The molecule has 0 saturated carbocycles. The van der Waals surface area contributed by atoms with Gasteiger partial charge in [-0.05, 0) is 71.6 Å². The highest BCUT2D eigenvalue weighted by molar-refractivity contribution is 9.10. The molecule has 0 aliphatic heterocycles. The fourth-order valence-corrected chi connectivity index (χ4v) is 3.54. The first kappa shape index (κ1) is 16.0. The van der Waals surface area contributed by atoms with Crippen LogP contribution in [0.5, 0.6) is 0 Å². The third-order valence-electron chi connectivity index (χ3n) is 4.34. The predicted octanol–water partition coefficient (Wildman–Crippen LogP) is 4.51. The molecular formula is C19H15BrFN3O. The number of rotatable bonds is 3. The lowest BCUT2D eigenvalue weighted by atomic mass is 10.2. The van der Waals surface area contributed by atoms with E-state index in [2.05, 4.69) is 26.3 Å². The van der Waals surface area contributed by atoms with Crippen molar-refractivity contribution >= 4 is 27.5 Å². The molecule has 0 radical (unpaired) electrons. The molecule has 1 aliphatic carbocycles. The first-order chi connectivity index (χ1) is 12.1. The monoisotopic (exact) mass is 399 g/mol. The van der Waals surface area contributed by atoms with E-state index >= 15 is 0 Å². The van der Waals surface area contributed by atoms with E-state index in [1.54, 1.807) is 16.8 Å². The molecule has 0 atom stereocenters. The van der Waals surface area contributed by atoms with Crippen molar-refractivity contribution in [3.05, 3.63) is 75.8 Å². The number of nitrogens with one attached hydrogen (secondary N) is 1. The zero-order valence-electron chi connectivity index (χ0n) is 13.3.